The van der Waals surface area contributed by atoms with E-state index in [4.69, 9.17) is 17.3 Å². The zero-order chi connectivity index (χ0) is 16.6. The molecule has 0 aliphatic rings. The van der Waals surface area contributed by atoms with E-state index in [1.165, 1.54) is 4.68 Å². The van der Waals surface area contributed by atoms with Crippen LogP contribution in [0.15, 0.2) is 24.3 Å². The zero-order valence-corrected chi connectivity index (χ0v) is 13.6. The number of nitrogens with zero attached hydrogens (tertiary/aromatic N) is 4. The second-order valence-electron chi connectivity index (χ2n) is 5.46. The molecule has 0 fully saturated rings. The first kappa shape index (κ1) is 15.4. The predicted octanol–water partition coefficient (Wildman–Crippen LogP) is 1.96. The SMILES string of the molecule is Cc1cc(N)n(CC(=O)N(C)Cc2nc3ccc(Cl)cc3[nH]2)n1. The van der Waals surface area contributed by atoms with E-state index in [0.29, 0.717) is 23.2 Å². The highest BCUT2D eigenvalue weighted by atomic mass is 35.5. The van der Waals surface area contributed by atoms with Crippen molar-refractivity contribution >= 4 is 34.4 Å². The van der Waals surface area contributed by atoms with Crippen LogP contribution >= 0.6 is 11.6 Å². The van der Waals surface area contributed by atoms with Gasteiger partial charge in [-0.25, -0.2) is 9.67 Å². The van der Waals surface area contributed by atoms with Gasteiger partial charge in [0.25, 0.3) is 0 Å². The number of anilines is 1. The van der Waals surface area contributed by atoms with Crippen LogP contribution < -0.4 is 5.73 Å². The first-order valence-electron chi connectivity index (χ1n) is 7.10. The molecule has 0 unspecified atom stereocenters. The minimum atomic E-state index is -0.0988. The summed E-state index contributed by atoms with van der Waals surface area (Å²) in [5, 5.41) is 4.83. The standard InChI is InChI=1S/C15H17ClN6O/c1-9-5-13(17)22(20-9)8-15(23)21(2)7-14-18-11-4-3-10(16)6-12(11)19-14/h3-6H,7-8,17H2,1-2H3,(H,18,19). The van der Waals surface area contributed by atoms with Crippen LogP contribution in [0.1, 0.15) is 11.5 Å². The van der Waals surface area contributed by atoms with Gasteiger partial charge in [-0.3, -0.25) is 4.79 Å². The third-order valence-corrected chi connectivity index (χ3v) is 3.76. The number of rotatable bonds is 4. The molecule has 0 aliphatic carbocycles. The molecule has 0 spiro atoms. The second-order valence-corrected chi connectivity index (χ2v) is 5.90. The number of H-pyrrole nitrogens is 1. The Morgan fingerprint density at radius 1 is 1.43 bits per heavy atom. The molecule has 0 aliphatic heterocycles. The molecule has 3 aromatic rings. The maximum atomic E-state index is 12.3. The molecular weight excluding hydrogens is 316 g/mol. The number of benzene rings is 1. The van der Waals surface area contributed by atoms with Gasteiger partial charge in [0.05, 0.1) is 23.3 Å². The number of carbonyl (C=O) groups excluding carboxylic acids is 1. The Hall–Kier alpha value is -2.54. The van der Waals surface area contributed by atoms with Crippen LogP contribution in [0.5, 0.6) is 0 Å². The summed E-state index contributed by atoms with van der Waals surface area (Å²) in [6, 6.07) is 7.16. The smallest absolute Gasteiger partial charge is 0.244 e. The number of amides is 1. The summed E-state index contributed by atoms with van der Waals surface area (Å²) >= 11 is 5.96. The molecule has 2 aromatic heterocycles. The average Bonchev–Trinajstić information content (AvgIpc) is 3.00. The molecule has 0 bridgehead atoms. The largest absolute Gasteiger partial charge is 0.384 e. The summed E-state index contributed by atoms with van der Waals surface area (Å²) in [7, 11) is 1.72. The number of hydrogen-bond acceptors (Lipinski definition) is 4. The van der Waals surface area contributed by atoms with Crippen LogP contribution in [0, 0.1) is 6.92 Å². The number of nitrogens with one attached hydrogen (secondary N) is 1. The normalized spacial score (nSPS) is 11.1. The number of nitrogen functional groups attached to an aromatic ring is 1. The van der Waals surface area contributed by atoms with Crippen molar-refractivity contribution in [2.45, 2.75) is 20.0 Å². The monoisotopic (exact) mass is 332 g/mol. The van der Waals surface area contributed by atoms with Crippen LogP contribution in [-0.4, -0.2) is 37.6 Å². The lowest BCUT2D eigenvalue weighted by Crippen LogP contribution is -2.30. The van der Waals surface area contributed by atoms with Gasteiger partial charge >= 0.3 is 0 Å². The van der Waals surface area contributed by atoms with Gasteiger partial charge in [-0.2, -0.15) is 5.10 Å². The number of halogens is 1. The number of aromatic amines is 1. The molecule has 120 valence electrons. The van der Waals surface area contributed by atoms with Crippen LogP contribution in [0.25, 0.3) is 11.0 Å². The number of imidazole rings is 1. The van der Waals surface area contributed by atoms with Gasteiger partial charge < -0.3 is 15.6 Å². The molecule has 0 radical (unpaired) electrons. The number of nitrogens with two attached hydrogens (primary N) is 1. The topological polar surface area (TPSA) is 92.8 Å². The van der Waals surface area contributed by atoms with E-state index in [9.17, 15) is 4.79 Å². The molecule has 0 saturated carbocycles. The number of likely N-dealkylation sites (N-methyl/N-ethyl adjacent to an activating group) is 1. The highest BCUT2D eigenvalue weighted by Crippen LogP contribution is 2.17. The first-order valence-corrected chi connectivity index (χ1v) is 7.48. The molecule has 7 nitrogen and oxygen atoms in total. The van der Waals surface area contributed by atoms with Crippen molar-refractivity contribution < 1.29 is 4.79 Å². The van der Waals surface area contributed by atoms with Crippen molar-refractivity contribution in [2.75, 3.05) is 12.8 Å². The van der Waals surface area contributed by atoms with Crippen LogP contribution in [0.2, 0.25) is 5.02 Å². The van der Waals surface area contributed by atoms with Crippen molar-refractivity contribution in [2.24, 2.45) is 0 Å². The molecule has 23 heavy (non-hydrogen) atoms. The molecule has 8 heteroatoms. The Labute approximate surface area is 138 Å². The van der Waals surface area contributed by atoms with Gasteiger partial charge in [-0.1, -0.05) is 11.6 Å². The van der Waals surface area contributed by atoms with Gasteiger partial charge in [0.1, 0.15) is 18.2 Å². The second kappa shape index (κ2) is 5.92. The number of carbonyl (C=O) groups is 1. The number of aromatic nitrogens is 4. The van der Waals surface area contributed by atoms with Crippen LogP contribution in [0.4, 0.5) is 5.82 Å². The zero-order valence-electron chi connectivity index (χ0n) is 12.9. The molecule has 0 saturated heterocycles. The summed E-state index contributed by atoms with van der Waals surface area (Å²) in [5.74, 6) is 1.07. The quantitative estimate of drug-likeness (QED) is 0.763. The summed E-state index contributed by atoms with van der Waals surface area (Å²) in [5.41, 5.74) is 8.25. The van der Waals surface area contributed by atoms with E-state index in [0.717, 1.165) is 16.7 Å². The molecule has 3 N–H and O–H groups in total. The molecule has 2 heterocycles. The van der Waals surface area contributed by atoms with E-state index in [1.807, 2.05) is 19.1 Å². The fourth-order valence-corrected chi connectivity index (χ4v) is 2.54. The fraction of sp³-hybridized carbons (Fsp3) is 0.267. The molecular formula is C15H17ClN6O. The minimum Gasteiger partial charge on any atom is -0.384 e. The Kier molecular flexibility index (Phi) is 3.96. The highest BCUT2D eigenvalue weighted by molar-refractivity contribution is 6.31. The Morgan fingerprint density at radius 2 is 2.22 bits per heavy atom. The molecule has 1 aromatic carbocycles. The Bertz CT molecular complexity index is 868. The maximum absolute atomic E-state index is 12.3. The Morgan fingerprint density at radius 3 is 2.91 bits per heavy atom. The molecule has 0 atom stereocenters. The van der Waals surface area contributed by atoms with Crippen molar-refractivity contribution in [1.29, 1.82) is 0 Å². The van der Waals surface area contributed by atoms with E-state index < -0.39 is 0 Å². The van der Waals surface area contributed by atoms with E-state index in [2.05, 4.69) is 15.1 Å². The predicted molar refractivity (Wildman–Crippen MR) is 89.0 cm³/mol. The van der Waals surface area contributed by atoms with Crippen molar-refractivity contribution in [3.05, 3.63) is 40.8 Å². The highest BCUT2D eigenvalue weighted by Gasteiger charge is 2.14. The van der Waals surface area contributed by atoms with Gasteiger partial charge in [0.2, 0.25) is 5.91 Å². The molecule has 3 rings (SSSR count). The number of aryl methyl sites for hydroxylation is 1. The molecule has 1 amide bonds. The van der Waals surface area contributed by atoms with Crippen molar-refractivity contribution in [1.82, 2.24) is 24.6 Å². The lowest BCUT2D eigenvalue weighted by molar-refractivity contribution is -0.131. The lowest BCUT2D eigenvalue weighted by atomic mass is 10.3. The fourth-order valence-electron chi connectivity index (χ4n) is 2.36. The van der Waals surface area contributed by atoms with Crippen LogP contribution in [-0.2, 0) is 17.9 Å². The Balaban J connectivity index is 1.70. The summed E-state index contributed by atoms with van der Waals surface area (Å²) in [6.07, 6.45) is 0. The summed E-state index contributed by atoms with van der Waals surface area (Å²) < 4.78 is 1.49. The first-order chi connectivity index (χ1) is 10.9. The third kappa shape index (κ3) is 3.29. The summed E-state index contributed by atoms with van der Waals surface area (Å²) in [6.45, 7) is 2.30. The van der Waals surface area contributed by atoms with Gasteiger partial charge in [0.15, 0.2) is 0 Å². The van der Waals surface area contributed by atoms with Gasteiger partial charge in [0, 0.05) is 18.1 Å². The summed E-state index contributed by atoms with van der Waals surface area (Å²) in [4.78, 5) is 21.5. The van der Waals surface area contributed by atoms with E-state index in [-0.39, 0.29) is 12.5 Å². The number of fused-ring (bicyclic) bond motifs is 1. The van der Waals surface area contributed by atoms with E-state index >= 15 is 0 Å². The van der Waals surface area contributed by atoms with Crippen molar-refractivity contribution in [3.8, 4) is 0 Å². The van der Waals surface area contributed by atoms with Gasteiger partial charge in [-0.05, 0) is 25.1 Å². The number of hydrogen-bond donors (Lipinski definition) is 2. The third-order valence-electron chi connectivity index (χ3n) is 3.52. The van der Waals surface area contributed by atoms with Crippen LogP contribution in [0.3, 0.4) is 0 Å². The minimum absolute atomic E-state index is 0.0988. The van der Waals surface area contributed by atoms with E-state index in [1.54, 1.807) is 24.1 Å². The lowest BCUT2D eigenvalue weighted by Gasteiger charge is -2.16. The van der Waals surface area contributed by atoms with Gasteiger partial charge in [-0.15, -0.1) is 0 Å². The maximum Gasteiger partial charge on any atom is 0.244 e. The average molecular weight is 333 g/mol. The van der Waals surface area contributed by atoms with Crippen molar-refractivity contribution in [3.63, 3.8) is 0 Å².